The number of benzene rings is 1. The fourth-order valence-corrected chi connectivity index (χ4v) is 2.54. The topological polar surface area (TPSA) is 42.4 Å². The molecule has 1 atom stereocenters. The van der Waals surface area contributed by atoms with Crippen molar-refractivity contribution in [3.05, 3.63) is 58.3 Å². The summed E-state index contributed by atoms with van der Waals surface area (Å²) >= 11 is 3.42. The van der Waals surface area contributed by atoms with Crippen molar-refractivity contribution in [2.45, 2.75) is 13.0 Å². The van der Waals surface area contributed by atoms with E-state index in [0.29, 0.717) is 11.3 Å². The number of ether oxygens (including phenoxy) is 1. The maximum atomic E-state index is 12.6. The second-order valence-electron chi connectivity index (χ2n) is 4.72. The Morgan fingerprint density at radius 1 is 1.38 bits per heavy atom. The molecule has 0 aliphatic carbocycles. The van der Waals surface area contributed by atoms with Gasteiger partial charge in [-0.15, -0.1) is 0 Å². The summed E-state index contributed by atoms with van der Waals surface area (Å²) in [4.78, 5) is 18.4. The van der Waals surface area contributed by atoms with Crippen LogP contribution in [0.3, 0.4) is 0 Å². The van der Waals surface area contributed by atoms with Gasteiger partial charge in [0.1, 0.15) is 5.75 Å². The Balaban J connectivity index is 2.23. The number of aromatic nitrogens is 1. The molecule has 0 unspecified atom stereocenters. The molecule has 0 bridgehead atoms. The molecule has 2 rings (SSSR count). The predicted octanol–water partition coefficient (Wildman–Crippen LogP) is 3.69. The van der Waals surface area contributed by atoms with E-state index in [1.807, 2.05) is 19.1 Å². The number of rotatable bonds is 4. The van der Waals surface area contributed by atoms with Crippen molar-refractivity contribution in [1.29, 1.82) is 0 Å². The van der Waals surface area contributed by atoms with Crippen molar-refractivity contribution in [1.82, 2.24) is 9.88 Å². The van der Waals surface area contributed by atoms with E-state index in [-0.39, 0.29) is 11.9 Å². The Hall–Kier alpha value is -1.88. The third kappa shape index (κ3) is 3.42. The van der Waals surface area contributed by atoms with E-state index in [4.69, 9.17) is 4.74 Å². The van der Waals surface area contributed by atoms with Gasteiger partial charge < -0.3 is 9.64 Å². The van der Waals surface area contributed by atoms with Crippen LogP contribution in [0, 0.1) is 0 Å². The highest BCUT2D eigenvalue weighted by Crippen LogP contribution is 2.26. The van der Waals surface area contributed by atoms with Crippen LogP contribution in [-0.4, -0.2) is 29.9 Å². The van der Waals surface area contributed by atoms with E-state index in [1.54, 1.807) is 49.7 Å². The highest BCUT2D eigenvalue weighted by Gasteiger charge is 2.21. The van der Waals surface area contributed by atoms with Crippen molar-refractivity contribution in [3.63, 3.8) is 0 Å². The molecule has 0 aliphatic heterocycles. The maximum absolute atomic E-state index is 12.6. The standard InChI is InChI=1S/C16H17BrN2O2/c1-11(12-5-4-8-18-10-12)19(2)16(20)14-7-6-13(21-3)9-15(14)17/h4-11H,1-3H3/t11-/m0/s1. The van der Waals surface area contributed by atoms with E-state index in [9.17, 15) is 4.79 Å². The Morgan fingerprint density at radius 2 is 2.14 bits per heavy atom. The van der Waals surface area contributed by atoms with Gasteiger partial charge in [-0.25, -0.2) is 0 Å². The van der Waals surface area contributed by atoms with Gasteiger partial charge in [0.25, 0.3) is 5.91 Å². The van der Waals surface area contributed by atoms with E-state index >= 15 is 0 Å². The van der Waals surface area contributed by atoms with Crippen LogP contribution in [0.2, 0.25) is 0 Å². The minimum atomic E-state index is -0.0554. The molecule has 1 aromatic carbocycles. The van der Waals surface area contributed by atoms with Crippen LogP contribution < -0.4 is 4.74 Å². The summed E-state index contributed by atoms with van der Waals surface area (Å²) in [5.74, 6) is 0.655. The summed E-state index contributed by atoms with van der Waals surface area (Å²) in [6, 6.07) is 9.10. The van der Waals surface area contributed by atoms with E-state index in [2.05, 4.69) is 20.9 Å². The number of nitrogens with zero attached hydrogens (tertiary/aromatic N) is 2. The fraction of sp³-hybridized carbons (Fsp3) is 0.250. The predicted molar refractivity (Wildman–Crippen MR) is 85.4 cm³/mol. The van der Waals surface area contributed by atoms with Crippen molar-refractivity contribution in [2.75, 3.05) is 14.2 Å². The minimum Gasteiger partial charge on any atom is -0.497 e. The Bertz CT molecular complexity index is 631. The van der Waals surface area contributed by atoms with Crippen molar-refractivity contribution in [3.8, 4) is 5.75 Å². The van der Waals surface area contributed by atoms with Crippen molar-refractivity contribution in [2.24, 2.45) is 0 Å². The van der Waals surface area contributed by atoms with Crippen LogP contribution in [0.1, 0.15) is 28.9 Å². The van der Waals surface area contributed by atoms with Gasteiger partial charge in [0.05, 0.1) is 18.7 Å². The van der Waals surface area contributed by atoms with Crippen LogP contribution >= 0.6 is 15.9 Å². The van der Waals surface area contributed by atoms with Crippen molar-refractivity contribution >= 4 is 21.8 Å². The first-order valence-electron chi connectivity index (χ1n) is 6.55. The molecule has 2 aromatic rings. The first-order chi connectivity index (χ1) is 10.0. The SMILES string of the molecule is COc1ccc(C(=O)N(C)[C@@H](C)c2cccnc2)c(Br)c1. The maximum Gasteiger partial charge on any atom is 0.255 e. The van der Waals surface area contributed by atoms with Gasteiger partial charge >= 0.3 is 0 Å². The lowest BCUT2D eigenvalue weighted by atomic mass is 10.1. The average Bonchev–Trinajstić information content (AvgIpc) is 2.53. The normalized spacial score (nSPS) is 11.8. The summed E-state index contributed by atoms with van der Waals surface area (Å²) in [6.45, 7) is 1.98. The number of pyridine rings is 1. The molecule has 110 valence electrons. The van der Waals surface area contributed by atoms with Gasteiger partial charge in [-0.3, -0.25) is 9.78 Å². The molecule has 0 aliphatic rings. The lowest BCUT2D eigenvalue weighted by molar-refractivity contribution is 0.0741. The number of methoxy groups -OCH3 is 1. The number of carbonyl (C=O) groups excluding carboxylic acids is 1. The summed E-state index contributed by atoms with van der Waals surface area (Å²) in [6.07, 6.45) is 3.50. The molecule has 0 spiro atoms. The minimum absolute atomic E-state index is 0.0547. The highest BCUT2D eigenvalue weighted by molar-refractivity contribution is 9.10. The average molecular weight is 349 g/mol. The van der Waals surface area contributed by atoms with Gasteiger partial charge in [-0.2, -0.15) is 0 Å². The lowest BCUT2D eigenvalue weighted by Gasteiger charge is -2.25. The molecule has 21 heavy (non-hydrogen) atoms. The molecule has 0 saturated carbocycles. The zero-order chi connectivity index (χ0) is 15.4. The number of hydrogen-bond acceptors (Lipinski definition) is 3. The van der Waals surface area contributed by atoms with Gasteiger partial charge in [0.2, 0.25) is 0 Å². The van der Waals surface area contributed by atoms with E-state index in [0.717, 1.165) is 10.0 Å². The van der Waals surface area contributed by atoms with Crippen LogP contribution in [0.25, 0.3) is 0 Å². The van der Waals surface area contributed by atoms with Gasteiger partial charge in [-0.1, -0.05) is 6.07 Å². The number of halogens is 1. The summed E-state index contributed by atoms with van der Waals surface area (Å²) in [5.41, 5.74) is 1.60. The van der Waals surface area contributed by atoms with Gasteiger partial charge in [0.15, 0.2) is 0 Å². The van der Waals surface area contributed by atoms with Crippen LogP contribution in [0.15, 0.2) is 47.2 Å². The Labute approximate surface area is 132 Å². The number of carbonyl (C=O) groups is 1. The van der Waals surface area contributed by atoms with Crippen LogP contribution in [0.5, 0.6) is 5.75 Å². The van der Waals surface area contributed by atoms with E-state index in [1.165, 1.54) is 0 Å². The van der Waals surface area contributed by atoms with Gasteiger partial charge in [-0.05, 0) is 52.7 Å². The quantitative estimate of drug-likeness (QED) is 0.846. The third-order valence-electron chi connectivity index (χ3n) is 3.47. The Morgan fingerprint density at radius 3 is 2.71 bits per heavy atom. The lowest BCUT2D eigenvalue weighted by Crippen LogP contribution is -2.30. The monoisotopic (exact) mass is 348 g/mol. The number of hydrogen-bond donors (Lipinski definition) is 0. The molecule has 1 amide bonds. The zero-order valence-corrected chi connectivity index (χ0v) is 13.8. The molecule has 1 heterocycles. The smallest absolute Gasteiger partial charge is 0.255 e. The molecule has 0 fully saturated rings. The molecular weight excluding hydrogens is 332 g/mol. The Kier molecular flexibility index (Phi) is 4.96. The van der Waals surface area contributed by atoms with Crippen molar-refractivity contribution < 1.29 is 9.53 Å². The zero-order valence-electron chi connectivity index (χ0n) is 12.2. The first-order valence-corrected chi connectivity index (χ1v) is 7.34. The third-order valence-corrected chi connectivity index (χ3v) is 4.13. The molecule has 0 saturated heterocycles. The van der Waals surface area contributed by atoms with Crippen LogP contribution in [-0.2, 0) is 0 Å². The molecular formula is C16H17BrN2O2. The highest BCUT2D eigenvalue weighted by atomic mass is 79.9. The molecule has 1 aromatic heterocycles. The second-order valence-corrected chi connectivity index (χ2v) is 5.58. The van der Waals surface area contributed by atoms with E-state index < -0.39 is 0 Å². The molecule has 4 nitrogen and oxygen atoms in total. The summed E-state index contributed by atoms with van der Waals surface area (Å²) in [7, 11) is 3.39. The molecule has 0 radical (unpaired) electrons. The largest absolute Gasteiger partial charge is 0.497 e. The molecule has 0 N–H and O–H groups in total. The first kappa shape index (κ1) is 15.5. The fourth-order valence-electron chi connectivity index (χ4n) is 2.01. The summed E-state index contributed by atoms with van der Waals surface area (Å²) in [5, 5.41) is 0. The number of amides is 1. The second kappa shape index (κ2) is 6.72. The van der Waals surface area contributed by atoms with Crippen LogP contribution in [0.4, 0.5) is 0 Å². The van der Waals surface area contributed by atoms with Gasteiger partial charge in [0, 0.05) is 23.9 Å². The summed E-state index contributed by atoms with van der Waals surface area (Å²) < 4.78 is 5.86. The molecule has 5 heteroatoms.